The van der Waals surface area contributed by atoms with E-state index in [0.29, 0.717) is 68.0 Å². The highest BCUT2D eigenvalue weighted by molar-refractivity contribution is 7.16. The zero-order valence-corrected chi connectivity index (χ0v) is 35.5. The predicted octanol–water partition coefficient (Wildman–Crippen LogP) is 9.95. The van der Waals surface area contributed by atoms with E-state index in [2.05, 4.69) is 39.5 Å². The average Bonchev–Trinajstić information content (AvgIpc) is 4.03. The molecule has 10 rings (SSSR count). The van der Waals surface area contributed by atoms with Gasteiger partial charge in [-0.15, -0.1) is 17.6 Å². The van der Waals surface area contributed by atoms with E-state index in [4.69, 9.17) is 34.7 Å². The third kappa shape index (κ3) is 8.52. The Morgan fingerprint density at radius 3 is 1.33 bits per heavy atom. The number of hydrogen-bond donors (Lipinski definition) is 4. The van der Waals surface area contributed by atoms with E-state index in [1.807, 2.05) is 0 Å². The summed E-state index contributed by atoms with van der Waals surface area (Å²) in [5, 5.41) is 6.61. The summed E-state index contributed by atoms with van der Waals surface area (Å²) in [6, 6.07) is 15.3. The normalized spacial score (nSPS) is 18.3. The molecule has 6 N–H and O–H groups in total. The van der Waals surface area contributed by atoms with Crippen LogP contribution in [-0.4, -0.2) is 34.4 Å². The lowest BCUT2D eigenvalue weighted by Gasteiger charge is -2.15. The highest BCUT2D eigenvalue weighted by Gasteiger charge is 2.54. The Morgan fingerprint density at radius 2 is 0.969 bits per heavy atom. The monoisotopic (exact) mass is 962 g/mol. The zero-order chi connectivity index (χ0) is 45.3. The van der Waals surface area contributed by atoms with Crippen LogP contribution < -0.4 is 41.0 Å². The predicted molar refractivity (Wildman–Crippen MR) is 223 cm³/mol. The molecule has 2 saturated carbocycles. The lowest BCUT2D eigenvalue weighted by atomic mass is 9.94. The summed E-state index contributed by atoms with van der Waals surface area (Å²) in [5.41, 5.74) is 12.9. The second-order valence-electron chi connectivity index (χ2n) is 15.2. The first-order chi connectivity index (χ1) is 30.3. The van der Waals surface area contributed by atoms with Crippen LogP contribution in [0.4, 0.5) is 36.6 Å². The van der Waals surface area contributed by atoms with Crippen molar-refractivity contribution in [2.75, 3.05) is 10.6 Å². The van der Waals surface area contributed by atoms with Gasteiger partial charge in [-0.1, -0.05) is 70.1 Å². The molecule has 2 aliphatic carbocycles. The molecule has 4 heterocycles. The third-order valence-corrected chi connectivity index (χ3v) is 13.6. The average molecular weight is 964 g/mol. The molecule has 2 aliphatic heterocycles. The molecule has 332 valence electrons. The topological polar surface area (TPSA) is 173 Å². The molecule has 0 unspecified atom stereocenters. The Labute approximate surface area is 376 Å². The number of hydrogen-bond acceptors (Lipinski definition) is 12. The number of benzene rings is 4. The van der Waals surface area contributed by atoms with Gasteiger partial charge >= 0.3 is 12.6 Å². The van der Waals surface area contributed by atoms with Crippen molar-refractivity contribution in [3.63, 3.8) is 0 Å². The Morgan fingerprint density at radius 1 is 0.594 bits per heavy atom. The standard InChI is InChI=1S/2C21H15ClF3N3O3S/c2*22-13-8-11(23)2-3-12(13)17(26)16-9-27-19(32-16)28-18(29)20(5-6-20)10-1-4-14-15(7-10)31-21(24,25)30-14/h2*1-4,7-9,17H,5-6,26H2,(H,27,28,29)/t2*17-/m00/s1. The van der Waals surface area contributed by atoms with Crippen LogP contribution in [0.2, 0.25) is 10.0 Å². The molecule has 4 aliphatic rings. The fourth-order valence-electron chi connectivity index (χ4n) is 7.26. The molecule has 22 heteroatoms. The first-order valence-electron chi connectivity index (χ1n) is 19.1. The molecular weight excluding hydrogens is 934 g/mol. The maximum absolute atomic E-state index is 13.3. The van der Waals surface area contributed by atoms with Gasteiger partial charge in [0.1, 0.15) is 11.6 Å². The fourth-order valence-corrected chi connectivity index (χ4v) is 9.49. The number of amides is 2. The molecule has 12 nitrogen and oxygen atoms in total. The van der Waals surface area contributed by atoms with Crippen LogP contribution in [0.1, 0.15) is 69.8 Å². The SMILES string of the molecule is N[C@H](c1cnc(NC(=O)C2(c3ccc4c(c3)OC(F)(F)O4)CC2)s1)c1ccc(F)cc1Cl.N[C@H](c1cnc(NC(=O)C2(c3ccc4c(c3)OC(F)(F)O4)CC2)s1)c1ccc(F)cc1Cl. The van der Waals surface area contributed by atoms with Crippen molar-refractivity contribution in [1.82, 2.24) is 9.97 Å². The van der Waals surface area contributed by atoms with Gasteiger partial charge in [-0.2, -0.15) is 0 Å². The Bertz CT molecular complexity index is 2650. The number of rotatable bonds is 10. The minimum atomic E-state index is -3.72. The maximum atomic E-state index is 13.3. The number of nitrogens with zero attached hydrogens (tertiary/aromatic N) is 2. The summed E-state index contributed by atoms with van der Waals surface area (Å²) in [6.45, 7) is 0. The number of anilines is 2. The molecule has 2 amide bonds. The number of ether oxygens (including phenoxy) is 4. The molecule has 4 aromatic carbocycles. The third-order valence-electron chi connectivity index (χ3n) is 11.0. The zero-order valence-electron chi connectivity index (χ0n) is 32.4. The van der Waals surface area contributed by atoms with Crippen molar-refractivity contribution in [1.29, 1.82) is 0 Å². The van der Waals surface area contributed by atoms with Crippen LogP contribution >= 0.6 is 45.9 Å². The number of nitrogens with one attached hydrogen (secondary N) is 2. The van der Waals surface area contributed by atoms with Crippen LogP contribution in [0.3, 0.4) is 0 Å². The second kappa shape index (κ2) is 16.1. The molecular formula is C42H30Cl2F6N6O6S2. The molecule has 0 saturated heterocycles. The van der Waals surface area contributed by atoms with Crippen molar-refractivity contribution in [2.45, 2.75) is 61.2 Å². The molecule has 64 heavy (non-hydrogen) atoms. The van der Waals surface area contributed by atoms with Gasteiger partial charge in [-0.05, 0) is 96.5 Å². The van der Waals surface area contributed by atoms with Crippen molar-refractivity contribution < 1.29 is 54.9 Å². The molecule has 0 spiro atoms. The van der Waals surface area contributed by atoms with E-state index < -0.39 is 47.1 Å². The first kappa shape index (κ1) is 43.6. The minimum absolute atomic E-state index is 0.0760. The summed E-state index contributed by atoms with van der Waals surface area (Å²) >= 11 is 14.5. The molecule has 2 atom stereocenters. The summed E-state index contributed by atoms with van der Waals surface area (Å²) in [4.78, 5) is 35.7. The van der Waals surface area contributed by atoms with Crippen molar-refractivity contribution in [3.8, 4) is 23.0 Å². The smallest absolute Gasteiger partial charge is 0.395 e. The van der Waals surface area contributed by atoms with Crippen molar-refractivity contribution in [3.05, 3.63) is 139 Å². The number of carbonyl (C=O) groups is 2. The van der Waals surface area contributed by atoms with Gasteiger partial charge in [0, 0.05) is 32.2 Å². The lowest BCUT2D eigenvalue weighted by molar-refractivity contribution is -0.287. The van der Waals surface area contributed by atoms with E-state index in [1.54, 1.807) is 12.1 Å². The maximum Gasteiger partial charge on any atom is 0.586 e. The first-order valence-corrected chi connectivity index (χ1v) is 21.5. The molecule has 0 bridgehead atoms. The highest BCUT2D eigenvalue weighted by Crippen LogP contribution is 2.54. The number of carbonyl (C=O) groups excluding carboxylic acids is 2. The van der Waals surface area contributed by atoms with Crippen LogP contribution in [0.15, 0.2) is 85.2 Å². The van der Waals surface area contributed by atoms with Gasteiger partial charge in [0.2, 0.25) is 11.8 Å². The highest BCUT2D eigenvalue weighted by atomic mass is 35.5. The molecule has 6 aromatic rings. The van der Waals surface area contributed by atoms with E-state index in [1.165, 1.54) is 95.7 Å². The largest absolute Gasteiger partial charge is 0.586 e. The summed E-state index contributed by atoms with van der Waals surface area (Å²) < 4.78 is 97.6. The van der Waals surface area contributed by atoms with Crippen LogP contribution in [0, 0.1) is 11.6 Å². The van der Waals surface area contributed by atoms with Gasteiger partial charge in [-0.3, -0.25) is 9.59 Å². The Kier molecular flexibility index (Phi) is 11.0. The summed E-state index contributed by atoms with van der Waals surface area (Å²) in [5.74, 6) is -1.92. The van der Waals surface area contributed by atoms with Gasteiger partial charge in [0.15, 0.2) is 33.3 Å². The number of nitrogens with two attached hydrogens (primary N) is 2. The van der Waals surface area contributed by atoms with E-state index in [0.717, 1.165) is 0 Å². The lowest BCUT2D eigenvalue weighted by Crippen LogP contribution is -2.27. The van der Waals surface area contributed by atoms with Gasteiger partial charge in [-0.25, -0.2) is 18.7 Å². The Balaban J connectivity index is 0.000000162. The van der Waals surface area contributed by atoms with Crippen LogP contribution in [0.25, 0.3) is 0 Å². The number of fused-ring (bicyclic) bond motifs is 2. The second-order valence-corrected chi connectivity index (χ2v) is 18.1. The van der Waals surface area contributed by atoms with Gasteiger partial charge < -0.3 is 41.0 Å². The van der Waals surface area contributed by atoms with Crippen LogP contribution in [-0.2, 0) is 20.4 Å². The quantitative estimate of drug-likeness (QED) is 0.0969. The molecule has 2 aromatic heterocycles. The number of thiazole rings is 2. The van der Waals surface area contributed by atoms with Crippen LogP contribution in [0.5, 0.6) is 23.0 Å². The number of aromatic nitrogens is 2. The minimum Gasteiger partial charge on any atom is -0.395 e. The van der Waals surface area contributed by atoms with E-state index >= 15 is 0 Å². The van der Waals surface area contributed by atoms with E-state index in [-0.39, 0.29) is 44.9 Å². The summed E-state index contributed by atoms with van der Waals surface area (Å²) in [6.07, 6.45) is -2.18. The van der Waals surface area contributed by atoms with Crippen molar-refractivity contribution >= 4 is 68.0 Å². The molecule has 2 fully saturated rings. The molecule has 0 radical (unpaired) electrons. The van der Waals surface area contributed by atoms with Crippen molar-refractivity contribution in [2.24, 2.45) is 11.5 Å². The van der Waals surface area contributed by atoms with Gasteiger partial charge in [0.25, 0.3) is 0 Å². The number of halogens is 8. The Hall–Kier alpha value is -5.64. The van der Waals surface area contributed by atoms with E-state index in [9.17, 15) is 35.9 Å². The van der Waals surface area contributed by atoms with Gasteiger partial charge in [0.05, 0.1) is 22.9 Å². The fraction of sp³-hybridized carbons (Fsp3) is 0.238. The summed E-state index contributed by atoms with van der Waals surface area (Å²) in [7, 11) is 0. The number of alkyl halides is 4.